The number of rotatable bonds is 6. The van der Waals surface area contributed by atoms with E-state index in [1.807, 2.05) is 0 Å². The average molecular weight is 420 g/mol. The van der Waals surface area contributed by atoms with Crippen LogP contribution in [0.4, 0.5) is 0 Å². The Morgan fingerprint density at radius 3 is 2.50 bits per heavy atom. The number of carbonyl (C=O) groups is 2. The van der Waals surface area contributed by atoms with Crippen LogP contribution >= 0.6 is 23.8 Å². The Morgan fingerprint density at radius 2 is 1.82 bits per heavy atom. The first-order chi connectivity index (χ1) is 13.5. The zero-order valence-electron chi connectivity index (χ0n) is 14.9. The molecule has 0 aliphatic heterocycles. The third kappa shape index (κ3) is 7.26. The van der Waals surface area contributed by atoms with E-state index in [1.165, 1.54) is 6.08 Å². The van der Waals surface area contributed by atoms with Gasteiger partial charge in [-0.3, -0.25) is 25.8 Å². The van der Waals surface area contributed by atoms with Gasteiger partial charge < -0.3 is 9.47 Å². The number of nitrogens with one attached hydrogen (secondary N) is 3. The van der Waals surface area contributed by atoms with Crippen LogP contribution in [0.25, 0.3) is 6.08 Å². The van der Waals surface area contributed by atoms with Crippen LogP contribution < -0.4 is 25.6 Å². The van der Waals surface area contributed by atoms with Crippen LogP contribution in [0.1, 0.15) is 5.56 Å². The Balaban J connectivity index is 1.70. The van der Waals surface area contributed by atoms with E-state index in [9.17, 15) is 9.59 Å². The van der Waals surface area contributed by atoms with Gasteiger partial charge in [0.2, 0.25) is 5.91 Å². The molecule has 2 rings (SSSR count). The number of carbonyl (C=O) groups excluding carboxylic acids is 2. The lowest BCUT2D eigenvalue weighted by atomic mass is 10.2. The van der Waals surface area contributed by atoms with Crippen molar-refractivity contribution in [1.29, 1.82) is 0 Å². The molecule has 2 aromatic carbocycles. The quantitative estimate of drug-likeness (QED) is 0.378. The van der Waals surface area contributed by atoms with Crippen molar-refractivity contribution in [2.75, 3.05) is 13.7 Å². The van der Waals surface area contributed by atoms with E-state index in [1.54, 1.807) is 61.7 Å². The van der Waals surface area contributed by atoms with Crippen molar-refractivity contribution < 1.29 is 19.1 Å². The molecule has 28 heavy (non-hydrogen) atoms. The summed E-state index contributed by atoms with van der Waals surface area (Å²) in [5, 5.41) is 2.74. The van der Waals surface area contributed by atoms with Gasteiger partial charge >= 0.3 is 0 Å². The second-order valence-electron chi connectivity index (χ2n) is 5.32. The number of hydrogen-bond acceptors (Lipinski definition) is 5. The van der Waals surface area contributed by atoms with Crippen molar-refractivity contribution in [2.45, 2.75) is 0 Å². The highest BCUT2D eigenvalue weighted by Gasteiger charge is 2.06. The van der Waals surface area contributed by atoms with Gasteiger partial charge in [-0.05, 0) is 48.1 Å². The number of hydrazine groups is 1. The minimum Gasteiger partial charge on any atom is -0.497 e. The van der Waals surface area contributed by atoms with Crippen molar-refractivity contribution in [1.82, 2.24) is 16.2 Å². The highest BCUT2D eigenvalue weighted by Crippen LogP contribution is 2.22. The largest absolute Gasteiger partial charge is 0.497 e. The average Bonchev–Trinajstić information content (AvgIpc) is 2.70. The maximum absolute atomic E-state index is 11.8. The molecule has 0 fully saturated rings. The van der Waals surface area contributed by atoms with Crippen LogP contribution in [0.5, 0.6) is 11.5 Å². The zero-order chi connectivity index (χ0) is 20.4. The van der Waals surface area contributed by atoms with Crippen molar-refractivity contribution in [3.05, 3.63) is 65.2 Å². The third-order valence-electron chi connectivity index (χ3n) is 3.29. The van der Waals surface area contributed by atoms with Gasteiger partial charge in [0.1, 0.15) is 11.5 Å². The molecule has 0 atom stereocenters. The first kappa shape index (κ1) is 21.2. The molecule has 3 N–H and O–H groups in total. The normalized spacial score (nSPS) is 10.2. The summed E-state index contributed by atoms with van der Waals surface area (Å²) in [5.74, 6) is 0.167. The molecule has 2 aromatic rings. The number of thiocarbonyl (C=S) groups is 1. The summed E-state index contributed by atoms with van der Waals surface area (Å²) < 4.78 is 10.3. The van der Waals surface area contributed by atoms with Crippen LogP contribution in [-0.2, 0) is 9.59 Å². The van der Waals surface area contributed by atoms with Gasteiger partial charge in [0.15, 0.2) is 11.7 Å². The Bertz CT molecular complexity index is 872. The summed E-state index contributed by atoms with van der Waals surface area (Å²) in [4.78, 5) is 23.6. The molecular weight excluding hydrogens is 402 g/mol. The molecule has 0 saturated carbocycles. The van der Waals surface area contributed by atoms with Gasteiger partial charge in [-0.15, -0.1) is 0 Å². The van der Waals surface area contributed by atoms with E-state index in [2.05, 4.69) is 16.2 Å². The van der Waals surface area contributed by atoms with Crippen LogP contribution in [0, 0.1) is 0 Å². The molecule has 0 aromatic heterocycles. The smallest absolute Gasteiger partial charge is 0.276 e. The number of hydrogen-bond donors (Lipinski definition) is 3. The molecule has 146 valence electrons. The predicted molar refractivity (Wildman–Crippen MR) is 111 cm³/mol. The molecule has 9 heteroatoms. The van der Waals surface area contributed by atoms with Gasteiger partial charge in [-0.25, -0.2) is 0 Å². The van der Waals surface area contributed by atoms with Gasteiger partial charge in [0, 0.05) is 6.08 Å². The molecule has 7 nitrogen and oxygen atoms in total. The Hall–Kier alpha value is -3.10. The number of ether oxygens (including phenoxy) is 2. The van der Waals surface area contributed by atoms with E-state index in [-0.39, 0.29) is 11.7 Å². The van der Waals surface area contributed by atoms with E-state index < -0.39 is 11.8 Å². The second kappa shape index (κ2) is 10.9. The molecule has 2 amide bonds. The number of methoxy groups -OCH3 is 1. The minimum absolute atomic E-state index is 0.0597. The highest BCUT2D eigenvalue weighted by atomic mass is 35.5. The Labute approximate surface area is 172 Å². The molecule has 0 aliphatic rings. The van der Waals surface area contributed by atoms with Crippen LogP contribution in [0.15, 0.2) is 54.6 Å². The third-order valence-corrected chi connectivity index (χ3v) is 3.81. The number of halogens is 1. The number of benzene rings is 2. The topological polar surface area (TPSA) is 88.7 Å². The standard InChI is InChI=1S/C19H18ClN3O4S/c1-26-14-9-6-13(7-10-14)8-11-17(24)21-19(28)23-22-18(25)12-27-16-5-3-2-4-15(16)20/h2-11H,12H2,1H3,(H,22,25)(H2,21,23,24,28). The maximum atomic E-state index is 11.8. The predicted octanol–water partition coefficient (Wildman–Crippen LogP) is 2.46. The maximum Gasteiger partial charge on any atom is 0.276 e. The number of amides is 2. The fourth-order valence-electron chi connectivity index (χ4n) is 1.94. The first-order valence-corrected chi connectivity index (χ1v) is 8.86. The SMILES string of the molecule is COc1ccc(C=CC(=O)NC(=S)NNC(=O)COc2ccccc2Cl)cc1. The van der Waals surface area contributed by atoms with Gasteiger partial charge in [0.05, 0.1) is 12.1 Å². The monoisotopic (exact) mass is 419 g/mol. The fourth-order valence-corrected chi connectivity index (χ4v) is 2.28. The Kier molecular flexibility index (Phi) is 8.26. The molecule has 0 aliphatic carbocycles. The molecule has 0 saturated heterocycles. The summed E-state index contributed by atoms with van der Waals surface area (Å²) in [5.41, 5.74) is 5.55. The van der Waals surface area contributed by atoms with Crippen LogP contribution in [-0.4, -0.2) is 30.6 Å². The lowest BCUT2D eigenvalue weighted by Gasteiger charge is -2.11. The summed E-state index contributed by atoms with van der Waals surface area (Å²) in [6.45, 7) is -0.273. The van der Waals surface area contributed by atoms with Crippen LogP contribution in [0.3, 0.4) is 0 Å². The van der Waals surface area contributed by atoms with E-state index >= 15 is 0 Å². The summed E-state index contributed by atoms with van der Waals surface area (Å²) in [6.07, 6.45) is 2.94. The van der Waals surface area contributed by atoms with Gasteiger partial charge in [0.25, 0.3) is 5.91 Å². The lowest BCUT2D eigenvalue weighted by Crippen LogP contribution is -2.49. The molecular formula is C19H18ClN3O4S. The van der Waals surface area contributed by atoms with E-state index in [4.69, 9.17) is 33.3 Å². The molecule has 0 heterocycles. The molecule has 0 unspecified atom stereocenters. The number of para-hydroxylation sites is 1. The van der Waals surface area contributed by atoms with E-state index in [0.29, 0.717) is 10.8 Å². The highest BCUT2D eigenvalue weighted by molar-refractivity contribution is 7.80. The fraction of sp³-hybridized carbons (Fsp3) is 0.105. The Morgan fingerprint density at radius 1 is 1.11 bits per heavy atom. The van der Waals surface area contributed by atoms with Crippen molar-refractivity contribution in [3.8, 4) is 11.5 Å². The summed E-state index contributed by atoms with van der Waals surface area (Å²) in [6, 6.07) is 14.0. The van der Waals surface area contributed by atoms with Crippen molar-refractivity contribution >= 4 is 46.8 Å². The zero-order valence-corrected chi connectivity index (χ0v) is 16.5. The molecule has 0 spiro atoms. The van der Waals surface area contributed by atoms with Crippen LogP contribution in [0.2, 0.25) is 5.02 Å². The van der Waals surface area contributed by atoms with Crippen molar-refractivity contribution in [3.63, 3.8) is 0 Å². The van der Waals surface area contributed by atoms with Gasteiger partial charge in [-0.1, -0.05) is 35.9 Å². The first-order valence-electron chi connectivity index (χ1n) is 8.07. The summed E-state index contributed by atoms with van der Waals surface area (Å²) >= 11 is 10.9. The minimum atomic E-state index is -0.495. The van der Waals surface area contributed by atoms with Crippen molar-refractivity contribution in [2.24, 2.45) is 0 Å². The van der Waals surface area contributed by atoms with Gasteiger partial charge in [-0.2, -0.15) is 0 Å². The summed E-state index contributed by atoms with van der Waals surface area (Å²) in [7, 11) is 1.58. The molecule has 0 bridgehead atoms. The molecule has 0 radical (unpaired) electrons. The second-order valence-corrected chi connectivity index (χ2v) is 6.13. The van der Waals surface area contributed by atoms with E-state index in [0.717, 1.165) is 11.3 Å². The lowest BCUT2D eigenvalue weighted by molar-refractivity contribution is -0.123.